The highest BCUT2D eigenvalue weighted by atomic mass is 32.2. The first-order valence-corrected chi connectivity index (χ1v) is 8.58. The minimum atomic E-state index is -0.587. The topological polar surface area (TPSA) is 37.3 Å². The largest absolute Gasteiger partial charge is 0.392 e. The van der Waals surface area contributed by atoms with E-state index in [1.165, 1.54) is 17.3 Å². The van der Waals surface area contributed by atoms with Crippen molar-refractivity contribution >= 4 is 16.9 Å². The third kappa shape index (κ3) is 5.32. The van der Waals surface area contributed by atoms with E-state index < -0.39 is 6.10 Å². The van der Waals surface area contributed by atoms with E-state index in [9.17, 15) is 9.90 Å². The number of benzene rings is 2. The predicted octanol–water partition coefficient (Wildman–Crippen LogP) is 4.08. The van der Waals surface area contributed by atoms with Gasteiger partial charge in [-0.15, -0.1) is 0 Å². The van der Waals surface area contributed by atoms with Crippen molar-refractivity contribution in [1.82, 2.24) is 0 Å². The molecule has 0 saturated carbocycles. The van der Waals surface area contributed by atoms with E-state index in [4.69, 9.17) is 0 Å². The third-order valence-electron chi connectivity index (χ3n) is 3.74. The molecule has 2 rings (SSSR count). The molecule has 0 fully saturated rings. The summed E-state index contributed by atoms with van der Waals surface area (Å²) in [7, 11) is 0. The molecule has 116 valence electrons. The van der Waals surface area contributed by atoms with Gasteiger partial charge in [0.1, 0.15) is 0 Å². The summed E-state index contributed by atoms with van der Waals surface area (Å²) in [4.78, 5) is 12.2. The molecule has 22 heavy (non-hydrogen) atoms. The third-order valence-corrected chi connectivity index (χ3v) is 4.88. The van der Waals surface area contributed by atoms with Crippen LogP contribution in [0.15, 0.2) is 60.7 Å². The van der Waals surface area contributed by atoms with E-state index in [0.717, 1.165) is 12.0 Å². The average Bonchev–Trinajstić information content (AvgIpc) is 2.58. The van der Waals surface area contributed by atoms with Crippen LogP contribution < -0.4 is 0 Å². The molecule has 0 aromatic heterocycles. The molecule has 0 amide bonds. The van der Waals surface area contributed by atoms with Gasteiger partial charge in [-0.25, -0.2) is 0 Å². The molecule has 0 aliphatic rings. The molecule has 0 bridgehead atoms. The van der Waals surface area contributed by atoms with Crippen molar-refractivity contribution in [2.45, 2.75) is 31.6 Å². The zero-order valence-electron chi connectivity index (χ0n) is 12.8. The van der Waals surface area contributed by atoms with E-state index in [1.807, 2.05) is 67.6 Å². The van der Waals surface area contributed by atoms with Gasteiger partial charge in [0.05, 0.1) is 12.0 Å². The van der Waals surface area contributed by atoms with Gasteiger partial charge in [-0.2, -0.15) is 0 Å². The summed E-state index contributed by atoms with van der Waals surface area (Å²) in [5.74, 6) is 0.326. The monoisotopic (exact) mass is 314 g/mol. The number of hydrogen-bond acceptors (Lipinski definition) is 3. The molecule has 0 radical (unpaired) electrons. The van der Waals surface area contributed by atoms with Crippen LogP contribution in [0.4, 0.5) is 0 Å². The van der Waals surface area contributed by atoms with Crippen LogP contribution in [0.2, 0.25) is 0 Å². The number of hydrogen-bond donors (Lipinski definition) is 1. The zero-order chi connectivity index (χ0) is 15.8. The molecule has 0 aliphatic heterocycles. The van der Waals surface area contributed by atoms with Crippen molar-refractivity contribution in [1.29, 1.82) is 0 Å². The van der Waals surface area contributed by atoms with Gasteiger partial charge in [0, 0.05) is 5.75 Å². The van der Waals surface area contributed by atoms with Crippen molar-refractivity contribution < 1.29 is 9.90 Å². The SMILES string of the molecule is C[C@H](C(=O)SCc1ccccc1)[C@H](O)CCc1ccccc1. The molecule has 2 atom stereocenters. The summed E-state index contributed by atoms with van der Waals surface area (Å²) < 4.78 is 0. The fourth-order valence-corrected chi connectivity index (χ4v) is 3.15. The van der Waals surface area contributed by atoms with Crippen molar-refractivity contribution in [3.05, 3.63) is 71.8 Å². The molecule has 2 nitrogen and oxygen atoms in total. The van der Waals surface area contributed by atoms with E-state index in [-0.39, 0.29) is 11.0 Å². The Balaban J connectivity index is 1.77. The molecule has 3 heteroatoms. The Morgan fingerprint density at radius 2 is 1.55 bits per heavy atom. The lowest BCUT2D eigenvalue weighted by Gasteiger charge is -2.17. The number of carbonyl (C=O) groups is 1. The molecule has 0 aliphatic carbocycles. The van der Waals surface area contributed by atoms with Crippen LogP contribution in [0, 0.1) is 5.92 Å². The fourth-order valence-electron chi connectivity index (χ4n) is 2.23. The summed E-state index contributed by atoms with van der Waals surface area (Å²) in [5, 5.41) is 10.3. The lowest BCUT2D eigenvalue weighted by atomic mass is 9.99. The van der Waals surface area contributed by atoms with Crippen LogP contribution in [0.1, 0.15) is 24.5 Å². The van der Waals surface area contributed by atoms with E-state index in [1.54, 1.807) is 0 Å². The second-order valence-electron chi connectivity index (χ2n) is 5.47. The normalized spacial score (nSPS) is 13.5. The first kappa shape index (κ1) is 16.8. The van der Waals surface area contributed by atoms with Gasteiger partial charge in [0.15, 0.2) is 5.12 Å². The molecular weight excluding hydrogens is 292 g/mol. The summed E-state index contributed by atoms with van der Waals surface area (Å²) in [6, 6.07) is 20.0. The van der Waals surface area contributed by atoms with Gasteiger partial charge in [0.2, 0.25) is 0 Å². The number of rotatable bonds is 7. The maximum atomic E-state index is 12.2. The molecule has 0 heterocycles. The Hall–Kier alpha value is -1.58. The summed E-state index contributed by atoms with van der Waals surface area (Å²) in [6.45, 7) is 1.82. The maximum Gasteiger partial charge on any atom is 0.194 e. The van der Waals surface area contributed by atoms with E-state index in [0.29, 0.717) is 12.2 Å². The van der Waals surface area contributed by atoms with Crippen LogP contribution in [0.3, 0.4) is 0 Å². The lowest BCUT2D eigenvalue weighted by Crippen LogP contribution is -2.24. The van der Waals surface area contributed by atoms with Crippen LogP contribution in [-0.4, -0.2) is 16.3 Å². The Labute approximate surface area is 136 Å². The van der Waals surface area contributed by atoms with Crippen LogP contribution in [0.25, 0.3) is 0 Å². The van der Waals surface area contributed by atoms with Crippen molar-refractivity contribution in [3.63, 3.8) is 0 Å². The Bertz CT molecular complexity index is 569. The van der Waals surface area contributed by atoms with E-state index >= 15 is 0 Å². The highest BCUT2D eigenvalue weighted by Crippen LogP contribution is 2.21. The predicted molar refractivity (Wildman–Crippen MR) is 92.7 cm³/mol. The number of aliphatic hydroxyl groups excluding tert-OH is 1. The summed E-state index contributed by atoms with van der Waals surface area (Å²) >= 11 is 1.29. The lowest BCUT2D eigenvalue weighted by molar-refractivity contribution is -0.117. The van der Waals surface area contributed by atoms with E-state index in [2.05, 4.69) is 0 Å². The minimum Gasteiger partial charge on any atom is -0.392 e. The molecular formula is C19H22O2S. The zero-order valence-corrected chi connectivity index (χ0v) is 13.6. The highest BCUT2D eigenvalue weighted by Gasteiger charge is 2.22. The smallest absolute Gasteiger partial charge is 0.194 e. The average molecular weight is 314 g/mol. The highest BCUT2D eigenvalue weighted by molar-refractivity contribution is 8.13. The van der Waals surface area contributed by atoms with Gasteiger partial charge in [-0.1, -0.05) is 79.3 Å². The number of aryl methyl sites for hydroxylation is 1. The summed E-state index contributed by atoms with van der Waals surface area (Å²) in [5.41, 5.74) is 2.32. The minimum absolute atomic E-state index is 0.0596. The molecule has 2 aromatic rings. The first-order chi connectivity index (χ1) is 10.7. The molecule has 1 N–H and O–H groups in total. The van der Waals surface area contributed by atoms with Crippen molar-refractivity contribution in [2.24, 2.45) is 5.92 Å². The van der Waals surface area contributed by atoms with Gasteiger partial charge in [-0.3, -0.25) is 4.79 Å². The standard InChI is InChI=1S/C19H22O2S/c1-15(18(20)13-12-16-8-4-2-5-9-16)19(21)22-14-17-10-6-3-7-11-17/h2-11,15,18,20H,12-14H2,1H3/t15-,18+/m0/s1. The summed E-state index contributed by atoms with van der Waals surface area (Å²) in [6.07, 6.45) is 0.821. The maximum absolute atomic E-state index is 12.2. The number of thioether (sulfide) groups is 1. The second kappa shape index (κ2) is 8.76. The molecule has 2 aromatic carbocycles. The second-order valence-corrected chi connectivity index (χ2v) is 6.45. The first-order valence-electron chi connectivity index (χ1n) is 7.59. The fraction of sp³-hybridized carbons (Fsp3) is 0.316. The number of aliphatic hydroxyl groups is 1. The van der Waals surface area contributed by atoms with Gasteiger partial charge in [-0.05, 0) is 24.0 Å². The quantitative estimate of drug-likeness (QED) is 0.837. The molecule has 0 saturated heterocycles. The van der Waals surface area contributed by atoms with Crippen LogP contribution in [-0.2, 0) is 17.0 Å². The Kier molecular flexibility index (Phi) is 6.69. The van der Waals surface area contributed by atoms with Gasteiger partial charge < -0.3 is 5.11 Å². The van der Waals surface area contributed by atoms with Gasteiger partial charge in [0.25, 0.3) is 0 Å². The molecule has 0 spiro atoms. The Morgan fingerprint density at radius 3 is 2.14 bits per heavy atom. The van der Waals surface area contributed by atoms with Crippen molar-refractivity contribution in [2.75, 3.05) is 0 Å². The van der Waals surface area contributed by atoms with Crippen LogP contribution in [0.5, 0.6) is 0 Å². The van der Waals surface area contributed by atoms with Gasteiger partial charge >= 0.3 is 0 Å². The molecule has 0 unspecified atom stereocenters. The van der Waals surface area contributed by atoms with Crippen molar-refractivity contribution in [3.8, 4) is 0 Å². The number of carbonyl (C=O) groups excluding carboxylic acids is 1. The Morgan fingerprint density at radius 1 is 1.00 bits per heavy atom. The van der Waals surface area contributed by atoms with Crippen LogP contribution >= 0.6 is 11.8 Å².